The van der Waals surface area contributed by atoms with Crippen molar-refractivity contribution in [2.24, 2.45) is 0 Å². The fourth-order valence-corrected chi connectivity index (χ4v) is 5.65. The molecule has 0 fully saturated rings. The Morgan fingerprint density at radius 1 is 1.19 bits per heavy atom. The lowest BCUT2D eigenvalue weighted by Gasteiger charge is -2.28. The van der Waals surface area contributed by atoms with Crippen LogP contribution in [0.5, 0.6) is 0 Å². The van der Waals surface area contributed by atoms with E-state index in [9.17, 15) is 4.79 Å². The fourth-order valence-electron chi connectivity index (χ4n) is 3.73. The molecule has 0 spiro atoms. The molecule has 0 atom stereocenters. The summed E-state index contributed by atoms with van der Waals surface area (Å²) in [5.41, 5.74) is 3.77. The van der Waals surface area contributed by atoms with Crippen LogP contribution in [0.25, 0.3) is 20.7 Å². The summed E-state index contributed by atoms with van der Waals surface area (Å²) in [7, 11) is 0. The lowest BCUT2D eigenvalue weighted by atomic mass is 10.00. The number of hydrogen-bond donors (Lipinski definition) is 1. The minimum Gasteiger partial charge on any atom is -0.309 e. The van der Waals surface area contributed by atoms with Crippen LogP contribution in [0.4, 0.5) is 0 Å². The number of H-pyrrole nitrogens is 1. The van der Waals surface area contributed by atoms with Gasteiger partial charge in [-0.25, -0.2) is 4.98 Å². The highest BCUT2D eigenvalue weighted by Crippen LogP contribution is 2.35. The van der Waals surface area contributed by atoms with Gasteiger partial charge in [-0.3, -0.25) is 9.69 Å². The topological polar surface area (TPSA) is 49.0 Å². The monoisotopic (exact) mass is 393 g/mol. The average Bonchev–Trinajstić information content (AvgIpc) is 3.28. The van der Waals surface area contributed by atoms with E-state index in [4.69, 9.17) is 4.98 Å². The van der Waals surface area contributed by atoms with Crippen molar-refractivity contribution in [1.29, 1.82) is 0 Å². The molecule has 1 aromatic carbocycles. The van der Waals surface area contributed by atoms with E-state index in [-0.39, 0.29) is 5.56 Å². The van der Waals surface area contributed by atoms with E-state index in [0.717, 1.165) is 46.0 Å². The molecular weight excluding hydrogens is 374 g/mol. The number of aryl methyl sites for hydroxylation is 1. The first kappa shape index (κ1) is 16.9. The number of nitrogens with zero attached hydrogens (tertiary/aromatic N) is 2. The van der Waals surface area contributed by atoms with Gasteiger partial charge < -0.3 is 4.98 Å². The molecule has 0 saturated carbocycles. The molecule has 1 aliphatic heterocycles. The maximum atomic E-state index is 12.8. The average molecular weight is 394 g/mol. The molecule has 5 rings (SSSR count). The van der Waals surface area contributed by atoms with Gasteiger partial charge in [-0.15, -0.1) is 22.7 Å². The third kappa shape index (κ3) is 3.14. The third-order valence-electron chi connectivity index (χ3n) is 5.08. The van der Waals surface area contributed by atoms with Crippen molar-refractivity contribution >= 4 is 32.9 Å². The van der Waals surface area contributed by atoms with Gasteiger partial charge in [-0.05, 0) is 36.6 Å². The summed E-state index contributed by atoms with van der Waals surface area (Å²) in [5, 5.41) is 2.77. The van der Waals surface area contributed by atoms with Crippen LogP contribution < -0.4 is 5.56 Å². The molecule has 0 bridgehead atoms. The Kier molecular flexibility index (Phi) is 4.19. The van der Waals surface area contributed by atoms with Crippen LogP contribution in [0, 0.1) is 6.92 Å². The minimum absolute atomic E-state index is 0.0327. The molecule has 4 aromatic rings. The number of fused-ring (bicyclic) bond motifs is 2. The minimum atomic E-state index is -0.0327. The molecule has 6 heteroatoms. The Hall–Kier alpha value is -2.28. The van der Waals surface area contributed by atoms with Crippen molar-refractivity contribution in [3.8, 4) is 10.4 Å². The molecule has 0 unspecified atom stereocenters. The summed E-state index contributed by atoms with van der Waals surface area (Å²) >= 11 is 3.27. The summed E-state index contributed by atoms with van der Waals surface area (Å²) in [6, 6.07) is 12.8. The molecule has 136 valence electrons. The molecular formula is C21H19N3OS2. The van der Waals surface area contributed by atoms with Gasteiger partial charge in [0.25, 0.3) is 5.56 Å². The van der Waals surface area contributed by atoms with E-state index in [1.807, 2.05) is 0 Å². The van der Waals surface area contributed by atoms with Crippen LogP contribution in [0.2, 0.25) is 0 Å². The molecule has 3 aromatic heterocycles. The Balaban J connectivity index is 1.45. The smallest absolute Gasteiger partial charge is 0.260 e. The lowest BCUT2D eigenvalue weighted by Crippen LogP contribution is -2.31. The number of hydrogen-bond acceptors (Lipinski definition) is 5. The Bertz CT molecular complexity index is 1190. The summed E-state index contributed by atoms with van der Waals surface area (Å²) in [6.07, 6.45) is 1.05. The number of thiophene rings is 2. The molecule has 0 amide bonds. The molecule has 4 nitrogen and oxygen atoms in total. The standard InChI is InChI=1S/C21H19N3OS2/c1-13-6-7-17(27-13)16-12-26-21-19(16)20(25)22-18(23-21)11-24-9-8-14-4-2-3-5-15(14)10-24/h2-7,12H,8-11H2,1H3,(H,22,23,25). The van der Waals surface area contributed by atoms with Crippen LogP contribution in [-0.2, 0) is 19.5 Å². The maximum absolute atomic E-state index is 12.8. The van der Waals surface area contributed by atoms with E-state index in [2.05, 4.69) is 58.6 Å². The van der Waals surface area contributed by atoms with Gasteiger partial charge in [-0.2, -0.15) is 0 Å². The zero-order chi connectivity index (χ0) is 18.4. The van der Waals surface area contributed by atoms with Gasteiger partial charge in [0.2, 0.25) is 0 Å². The van der Waals surface area contributed by atoms with Gasteiger partial charge in [0, 0.05) is 33.8 Å². The number of aromatic nitrogens is 2. The predicted molar refractivity (Wildman–Crippen MR) is 113 cm³/mol. The number of aromatic amines is 1. The second kappa shape index (κ2) is 6.71. The van der Waals surface area contributed by atoms with E-state index in [0.29, 0.717) is 6.54 Å². The zero-order valence-electron chi connectivity index (χ0n) is 15.0. The van der Waals surface area contributed by atoms with Crippen molar-refractivity contribution in [2.75, 3.05) is 6.54 Å². The second-order valence-electron chi connectivity index (χ2n) is 6.98. The quantitative estimate of drug-likeness (QED) is 0.554. The SMILES string of the molecule is Cc1ccc(-c2csc3nc(CN4CCc5ccccc5C4)[nH]c(=O)c23)s1. The predicted octanol–water partition coefficient (Wildman–Crippen LogP) is 4.58. The van der Waals surface area contributed by atoms with Crippen molar-refractivity contribution in [3.63, 3.8) is 0 Å². The van der Waals surface area contributed by atoms with Crippen molar-refractivity contribution in [2.45, 2.75) is 26.4 Å². The van der Waals surface area contributed by atoms with Crippen molar-refractivity contribution in [1.82, 2.24) is 14.9 Å². The number of benzene rings is 1. The van der Waals surface area contributed by atoms with Crippen LogP contribution >= 0.6 is 22.7 Å². The molecule has 0 aliphatic carbocycles. The Labute approximate surface area is 165 Å². The maximum Gasteiger partial charge on any atom is 0.260 e. The highest BCUT2D eigenvalue weighted by atomic mass is 32.1. The fraction of sp³-hybridized carbons (Fsp3) is 0.238. The van der Waals surface area contributed by atoms with E-state index < -0.39 is 0 Å². The first-order valence-corrected chi connectivity index (χ1v) is 10.7. The van der Waals surface area contributed by atoms with Crippen molar-refractivity contribution < 1.29 is 0 Å². The molecule has 1 aliphatic rings. The van der Waals surface area contributed by atoms with Gasteiger partial charge >= 0.3 is 0 Å². The van der Waals surface area contributed by atoms with Crippen LogP contribution in [0.1, 0.15) is 21.8 Å². The van der Waals surface area contributed by atoms with Crippen LogP contribution in [0.3, 0.4) is 0 Å². The second-order valence-corrected chi connectivity index (χ2v) is 9.13. The normalized spacial score (nSPS) is 14.6. The Morgan fingerprint density at radius 3 is 2.85 bits per heavy atom. The molecule has 0 saturated heterocycles. The van der Waals surface area contributed by atoms with Crippen LogP contribution in [-0.4, -0.2) is 21.4 Å². The lowest BCUT2D eigenvalue weighted by molar-refractivity contribution is 0.239. The largest absolute Gasteiger partial charge is 0.309 e. The molecule has 4 heterocycles. The summed E-state index contributed by atoms with van der Waals surface area (Å²) in [5.74, 6) is 0.752. The van der Waals surface area contributed by atoms with Gasteiger partial charge in [-0.1, -0.05) is 24.3 Å². The zero-order valence-corrected chi connectivity index (χ0v) is 16.6. The summed E-state index contributed by atoms with van der Waals surface area (Å²) in [6.45, 7) is 4.65. The summed E-state index contributed by atoms with van der Waals surface area (Å²) < 4.78 is 0. The van der Waals surface area contributed by atoms with Gasteiger partial charge in [0.15, 0.2) is 0 Å². The molecule has 0 radical (unpaired) electrons. The highest BCUT2D eigenvalue weighted by molar-refractivity contribution is 7.19. The van der Waals surface area contributed by atoms with Gasteiger partial charge in [0.1, 0.15) is 10.7 Å². The number of nitrogens with one attached hydrogen (secondary N) is 1. The first-order valence-electron chi connectivity index (χ1n) is 9.04. The summed E-state index contributed by atoms with van der Waals surface area (Å²) in [4.78, 5) is 26.1. The van der Waals surface area contributed by atoms with E-state index in [1.165, 1.54) is 16.0 Å². The van der Waals surface area contributed by atoms with E-state index >= 15 is 0 Å². The Morgan fingerprint density at radius 2 is 2.04 bits per heavy atom. The first-order chi connectivity index (χ1) is 13.2. The van der Waals surface area contributed by atoms with E-state index in [1.54, 1.807) is 22.7 Å². The highest BCUT2D eigenvalue weighted by Gasteiger charge is 2.18. The van der Waals surface area contributed by atoms with Crippen LogP contribution in [0.15, 0.2) is 46.6 Å². The number of rotatable bonds is 3. The third-order valence-corrected chi connectivity index (χ3v) is 6.99. The molecule has 27 heavy (non-hydrogen) atoms. The molecule has 1 N–H and O–H groups in total. The van der Waals surface area contributed by atoms with Crippen molar-refractivity contribution in [3.05, 3.63) is 74.0 Å². The van der Waals surface area contributed by atoms with Gasteiger partial charge in [0.05, 0.1) is 11.9 Å².